The van der Waals surface area contributed by atoms with Gasteiger partial charge in [-0.2, -0.15) is 0 Å². The van der Waals surface area contributed by atoms with Gasteiger partial charge in [0.05, 0.1) is 13.7 Å². The molecule has 2 rings (SSSR count). The molecule has 1 heterocycles. The number of ether oxygens (including phenoxy) is 1. The molecular formula is C19H28N2O4Si. The van der Waals surface area contributed by atoms with E-state index in [1.807, 2.05) is 30.3 Å². The van der Waals surface area contributed by atoms with E-state index in [1.165, 1.54) is 7.11 Å². The quantitative estimate of drug-likeness (QED) is 0.602. The minimum absolute atomic E-state index is 0.0791. The number of oxazole rings is 1. The molecule has 0 aliphatic rings. The van der Waals surface area contributed by atoms with Crippen LogP contribution in [-0.4, -0.2) is 33.0 Å². The molecule has 0 saturated heterocycles. The molecule has 26 heavy (non-hydrogen) atoms. The number of rotatable bonds is 6. The highest BCUT2D eigenvalue weighted by Gasteiger charge is 2.38. The van der Waals surface area contributed by atoms with Crippen molar-refractivity contribution >= 4 is 14.3 Å². The fourth-order valence-electron chi connectivity index (χ4n) is 2.10. The SMILES string of the molecule is COC(=O)c1nc([C@@H](N)CO[Si](C)(C)C(C)(C)C)oc1-c1ccccc1. The summed E-state index contributed by atoms with van der Waals surface area (Å²) in [5.74, 6) is 0.0644. The van der Waals surface area contributed by atoms with Crippen molar-refractivity contribution in [2.24, 2.45) is 5.73 Å². The second kappa shape index (κ2) is 7.73. The Bertz CT molecular complexity index is 751. The Morgan fingerprint density at radius 2 is 1.88 bits per heavy atom. The molecule has 0 aliphatic heterocycles. The summed E-state index contributed by atoms with van der Waals surface area (Å²) in [4.78, 5) is 16.4. The molecule has 0 fully saturated rings. The summed E-state index contributed by atoms with van der Waals surface area (Å²) in [7, 11) is -0.630. The van der Waals surface area contributed by atoms with E-state index in [0.29, 0.717) is 5.76 Å². The number of hydrogen-bond donors (Lipinski definition) is 1. The minimum atomic E-state index is -1.94. The third kappa shape index (κ3) is 4.41. The number of carbonyl (C=O) groups is 1. The number of methoxy groups -OCH3 is 1. The number of hydrogen-bond acceptors (Lipinski definition) is 6. The van der Waals surface area contributed by atoms with Gasteiger partial charge in [0.25, 0.3) is 0 Å². The molecular weight excluding hydrogens is 348 g/mol. The van der Waals surface area contributed by atoms with Crippen LogP contribution < -0.4 is 5.73 Å². The Morgan fingerprint density at radius 1 is 1.27 bits per heavy atom. The van der Waals surface area contributed by atoms with Gasteiger partial charge in [-0.1, -0.05) is 51.1 Å². The van der Waals surface area contributed by atoms with Crippen LogP contribution in [0.3, 0.4) is 0 Å². The van der Waals surface area contributed by atoms with E-state index in [9.17, 15) is 4.79 Å². The zero-order valence-electron chi connectivity index (χ0n) is 16.3. The molecule has 1 atom stereocenters. The maximum absolute atomic E-state index is 12.1. The first-order valence-electron chi connectivity index (χ1n) is 8.61. The van der Waals surface area contributed by atoms with E-state index in [0.717, 1.165) is 5.56 Å². The molecule has 142 valence electrons. The molecule has 1 aromatic heterocycles. The van der Waals surface area contributed by atoms with Crippen molar-refractivity contribution in [1.29, 1.82) is 0 Å². The minimum Gasteiger partial charge on any atom is -0.464 e. The highest BCUT2D eigenvalue weighted by molar-refractivity contribution is 6.74. The summed E-state index contributed by atoms with van der Waals surface area (Å²) >= 11 is 0. The van der Waals surface area contributed by atoms with Crippen molar-refractivity contribution in [3.63, 3.8) is 0 Å². The van der Waals surface area contributed by atoms with Crippen LogP contribution in [0.5, 0.6) is 0 Å². The first-order chi connectivity index (χ1) is 12.1. The van der Waals surface area contributed by atoms with E-state index < -0.39 is 20.3 Å². The van der Waals surface area contributed by atoms with Crippen LogP contribution in [0, 0.1) is 0 Å². The summed E-state index contributed by atoms with van der Waals surface area (Å²) in [5, 5.41) is 0.0791. The number of esters is 1. The standard InChI is InChI=1S/C19H28N2O4Si/c1-19(2,3)26(5,6)24-12-14(20)17-21-15(18(22)23-4)16(25-17)13-10-8-7-9-11-13/h7-11,14H,12,20H2,1-6H3/t14-/m0/s1. The Kier molecular flexibility index (Phi) is 6.05. The van der Waals surface area contributed by atoms with Gasteiger partial charge in [-0.05, 0) is 18.1 Å². The third-order valence-electron chi connectivity index (χ3n) is 4.81. The van der Waals surface area contributed by atoms with Gasteiger partial charge in [-0.3, -0.25) is 0 Å². The molecule has 6 nitrogen and oxygen atoms in total. The molecule has 0 amide bonds. The summed E-state index contributed by atoms with van der Waals surface area (Å²) in [5.41, 5.74) is 7.10. The summed E-state index contributed by atoms with van der Waals surface area (Å²) in [6.07, 6.45) is 0. The predicted octanol–water partition coefficient (Wildman–Crippen LogP) is 4.15. The Labute approximate surface area is 155 Å². The fourth-order valence-corrected chi connectivity index (χ4v) is 3.13. The van der Waals surface area contributed by atoms with Gasteiger partial charge in [0.1, 0.15) is 6.04 Å². The summed E-state index contributed by atoms with van der Waals surface area (Å²) in [6, 6.07) is 8.73. The molecule has 0 unspecified atom stereocenters. The van der Waals surface area contributed by atoms with Crippen LogP contribution in [0.1, 0.15) is 43.2 Å². The van der Waals surface area contributed by atoms with Crippen molar-refractivity contribution in [2.75, 3.05) is 13.7 Å². The van der Waals surface area contributed by atoms with E-state index in [-0.39, 0.29) is 23.2 Å². The normalized spacial score (nSPS) is 13.5. The van der Waals surface area contributed by atoms with E-state index in [2.05, 4.69) is 38.8 Å². The Balaban J connectivity index is 2.27. The molecule has 2 aromatic rings. The molecule has 0 aliphatic carbocycles. The molecule has 0 spiro atoms. The largest absolute Gasteiger partial charge is 0.464 e. The van der Waals surface area contributed by atoms with E-state index >= 15 is 0 Å². The van der Waals surface area contributed by atoms with Gasteiger partial charge in [-0.15, -0.1) is 0 Å². The van der Waals surface area contributed by atoms with Gasteiger partial charge in [0.2, 0.25) is 5.89 Å². The predicted molar refractivity (Wildman–Crippen MR) is 103 cm³/mol. The lowest BCUT2D eigenvalue weighted by atomic mass is 10.1. The Morgan fingerprint density at radius 3 is 2.42 bits per heavy atom. The Hall–Kier alpha value is -1.96. The van der Waals surface area contributed by atoms with Crippen LogP contribution in [0.4, 0.5) is 0 Å². The van der Waals surface area contributed by atoms with Crippen LogP contribution in [0.25, 0.3) is 11.3 Å². The van der Waals surface area contributed by atoms with E-state index in [4.69, 9.17) is 19.3 Å². The first kappa shape index (κ1) is 20.4. The van der Waals surface area contributed by atoms with Gasteiger partial charge < -0.3 is 19.3 Å². The zero-order valence-corrected chi connectivity index (χ0v) is 17.3. The number of nitrogens with two attached hydrogens (primary N) is 1. The topological polar surface area (TPSA) is 87.6 Å². The summed E-state index contributed by atoms with van der Waals surface area (Å²) in [6.45, 7) is 11.1. The second-order valence-electron chi connectivity index (χ2n) is 7.77. The van der Waals surface area contributed by atoms with Gasteiger partial charge in [-0.25, -0.2) is 9.78 Å². The van der Waals surface area contributed by atoms with Gasteiger partial charge >= 0.3 is 5.97 Å². The van der Waals surface area contributed by atoms with Crippen LogP contribution in [0.15, 0.2) is 34.7 Å². The second-order valence-corrected chi connectivity index (χ2v) is 12.6. The molecule has 7 heteroatoms. The van der Waals surface area contributed by atoms with Gasteiger partial charge in [0.15, 0.2) is 19.8 Å². The zero-order chi connectivity index (χ0) is 19.5. The average molecular weight is 377 g/mol. The van der Waals surface area contributed by atoms with Crippen LogP contribution in [-0.2, 0) is 9.16 Å². The monoisotopic (exact) mass is 376 g/mol. The highest BCUT2D eigenvalue weighted by atomic mass is 28.4. The third-order valence-corrected chi connectivity index (χ3v) is 9.31. The van der Waals surface area contributed by atoms with Crippen molar-refractivity contribution in [3.05, 3.63) is 41.9 Å². The van der Waals surface area contributed by atoms with Crippen LogP contribution >= 0.6 is 0 Å². The lowest BCUT2D eigenvalue weighted by molar-refractivity contribution is 0.0595. The fraction of sp³-hybridized carbons (Fsp3) is 0.474. The van der Waals surface area contributed by atoms with E-state index in [1.54, 1.807) is 0 Å². The smallest absolute Gasteiger partial charge is 0.360 e. The molecule has 2 N–H and O–H groups in total. The highest BCUT2D eigenvalue weighted by Crippen LogP contribution is 2.37. The number of carbonyl (C=O) groups excluding carboxylic acids is 1. The van der Waals surface area contributed by atoms with Crippen molar-refractivity contribution in [1.82, 2.24) is 4.98 Å². The first-order valence-corrected chi connectivity index (χ1v) is 11.5. The van der Waals surface area contributed by atoms with Crippen molar-refractivity contribution < 1.29 is 18.4 Å². The van der Waals surface area contributed by atoms with Crippen molar-refractivity contribution in [3.8, 4) is 11.3 Å². The summed E-state index contributed by atoms with van der Waals surface area (Å²) < 4.78 is 16.8. The van der Waals surface area contributed by atoms with Crippen LogP contribution in [0.2, 0.25) is 18.1 Å². The average Bonchev–Trinajstić information content (AvgIpc) is 3.04. The maximum Gasteiger partial charge on any atom is 0.360 e. The number of nitrogens with zero attached hydrogens (tertiary/aromatic N) is 1. The number of benzene rings is 1. The lowest BCUT2D eigenvalue weighted by Crippen LogP contribution is -2.42. The number of aromatic nitrogens is 1. The molecule has 0 bridgehead atoms. The maximum atomic E-state index is 12.1. The van der Waals surface area contributed by atoms with Gasteiger partial charge in [0, 0.05) is 5.56 Å². The van der Waals surface area contributed by atoms with Crippen molar-refractivity contribution in [2.45, 2.75) is 44.9 Å². The molecule has 0 saturated carbocycles. The molecule has 1 aromatic carbocycles. The molecule has 0 radical (unpaired) electrons. The lowest BCUT2D eigenvalue weighted by Gasteiger charge is -2.36.